The van der Waals surface area contributed by atoms with Crippen molar-refractivity contribution in [3.05, 3.63) is 0 Å². The van der Waals surface area contributed by atoms with Gasteiger partial charge in [0.05, 0.1) is 0 Å². The maximum atomic E-state index is 11.9. The number of hydrogen-bond donors (Lipinski definition) is 2. The first-order valence-corrected chi connectivity index (χ1v) is 6.70. The van der Waals surface area contributed by atoms with Crippen LogP contribution in [-0.4, -0.2) is 37.1 Å². The van der Waals surface area contributed by atoms with Crippen LogP contribution in [0, 0.1) is 5.92 Å². The van der Waals surface area contributed by atoms with Crippen LogP contribution in [-0.2, 0) is 14.3 Å². The summed E-state index contributed by atoms with van der Waals surface area (Å²) in [5, 5.41) is 5.55. The van der Waals surface area contributed by atoms with Crippen molar-refractivity contribution in [1.29, 1.82) is 0 Å². The summed E-state index contributed by atoms with van der Waals surface area (Å²) in [7, 11) is 0. The second-order valence-electron chi connectivity index (χ2n) is 5.22. The smallest absolute Gasteiger partial charge is 0.249 e. The van der Waals surface area contributed by atoms with Crippen molar-refractivity contribution in [2.75, 3.05) is 13.2 Å². The van der Waals surface area contributed by atoms with Gasteiger partial charge in [0.1, 0.15) is 12.1 Å². The Kier molecular flexibility index (Phi) is 6.12. The van der Waals surface area contributed by atoms with Crippen LogP contribution in [0.25, 0.3) is 0 Å². The summed E-state index contributed by atoms with van der Waals surface area (Å²) in [5.74, 6) is 0.0936. The Labute approximate surface area is 109 Å². The summed E-state index contributed by atoms with van der Waals surface area (Å²) in [5.41, 5.74) is 0. The van der Waals surface area contributed by atoms with Crippen LogP contribution in [0.1, 0.15) is 40.0 Å². The lowest BCUT2D eigenvalue weighted by molar-refractivity contribution is -0.136. The van der Waals surface area contributed by atoms with Crippen molar-refractivity contribution >= 4 is 11.8 Å². The monoisotopic (exact) mass is 256 g/mol. The summed E-state index contributed by atoms with van der Waals surface area (Å²) >= 11 is 0. The standard InChI is InChI=1S/C13H24N2O3/c1-9(2)8-18-10(3)12(16)15-11-6-4-5-7-14-13(11)17/h9-11H,4-8H2,1-3H3,(H,14,17)(H,15,16)/t10-,11+/m0/s1. The minimum atomic E-state index is -0.511. The summed E-state index contributed by atoms with van der Waals surface area (Å²) in [6.45, 7) is 7.02. The number of nitrogens with one attached hydrogen (secondary N) is 2. The van der Waals surface area contributed by atoms with Gasteiger partial charge < -0.3 is 15.4 Å². The molecule has 104 valence electrons. The highest BCUT2D eigenvalue weighted by Gasteiger charge is 2.24. The number of hydrogen-bond acceptors (Lipinski definition) is 3. The normalized spacial score (nSPS) is 22.2. The Hall–Kier alpha value is -1.10. The van der Waals surface area contributed by atoms with Crippen LogP contribution in [0.2, 0.25) is 0 Å². The first kappa shape index (κ1) is 15.0. The second kappa shape index (κ2) is 7.36. The summed E-state index contributed by atoms with van der Waals surface area (Å²) in [4.78, 5) is 23.5. The average Bonchev–Trinajstić information content (AvgIpc) is 2.51. The molecule has 2 atom stereocenters. The molecule has 0 saturated carbocycles. The molecule has 1 aliphatic heterocycles. The molecular formula is C13H24N2O3. The highest BCUT2D eigenvalue weighted by molar-refractivity contribution is 5.89. The van der Waals surface area contributed by atoms with Crippen LogP contribution in [0.3, 0.4) is 0 Å². The molecule has 2 amide bonds. The minimum absolute atomic E-state index is 0.0862. The van der Waals surface area contributed by atoms with Crippen LogP contribution in [0.4, 0.5) is 0 Å². The van der Waals surface area contributed by atoms with Gasteiger partial charge in [-0.3, -0.25) is 9.59 Å². The average molecular weight is 256 g/mol. The maximum Gasteiger partial charge on any atom is 0.249 e. The number of carbonyl (C=O) groups excluding carboxylic acids is 2. The number of ether oxygens (including phenoxy) is 1. The molecule has 0 bridgehead atoms. The summed E-state index contributed by atoms with van der Waals surface area (Å²) in [6, 6.07) is -0.412. The lowest BCUT2D eigenvalue weighted by Gasteiger charge is -2.19. The zero-order valence-electron chi connectivity index (χ0n) is 11.5. The van der Waals surface area contributed by atoms with E-state index in [2.05, 4.69) is 10.6 Å². The first-order chi connectivity index (χ1) is 8.50. The van der Waals surface area contributed by atoms with Crippen molar-refractivity contribution in [2.45, 2.75) is 52.2 Å². The fraction of sp³-hybridized carbons (Fsp3) is 0.846. The zero-order chi connectivity index (χ0) is 13.5. The fourth-order valence-corrected chi connectivity index (χ4v) is 1.78. The van der Waals surface area contributed by atoms with Crippen molar-refractivity contribution in [3.8, 4) is 0 Å². The van der Waals surface area contributed by atoms with E-state index >= 15 is 0 Å². The zero-order valence-corrected chi connectivity index (χ0v) is 11.5. The molecule has 1 aliphatic rings. The van der Waals surface area contributed by atoms with E-state index in [9.17, 15) is 9.59 Å². The molecule has 0 aromatic rings. The van der Waals surface area contributed by atoms with Gasteiger partial charge >= 0.3 is 0 Å². The van der Waals surface area contributed by atoms with Gasteiger partial charge in [0.15, 0.2) is 0 Å². The van der Waals surface area contributed by atoms with Crippen molar-refractivity contribution in [2.24, 2.45) is 5.92 Å². The fourth-order valence-electron chi connectivity index (χ4n) is 1.78. The molecule has 1 fully saturated rings. The molecule has 1 heterocycles. The quantitative estimate of drug-likeness (QED) is 0.765. The van der Waals surface area contributed by atoms with E-state index in [0.29, 0.717) is 25.5 Å². The maximum absolute atomic E-state index is 11.9. The largest absolute Gasteiger partial charge is 0.368 e. The molecule has 0 aromatic heterocycles. The lowest BCUT2D eigenvalue weighted by Crippen LogP contribution is -2.48. The van der Waals surface area contributed by atoms with Crippen LogP contribution in [0.5, 0.6) is 0 Å². The van der Waals surface area contributed by atoms with Gasteiger partial charge in [0.2, 0.25) is 11.8 Å². The second-order valence-corrected chi connectivity index (χ2v) is 5.22. The predicted octanol–water partition coefficient (Wildman–Crippen LogP) is 0.832. The topological polar surface area (TPSA) is 67.4 Å². The van der Waals surface area contributed by atoms with Crippen LogP contribution < -0.4 is 10.6 Å². The molecule has 18 heavy (non-hydrogen) atoms. The molecule has 0 aliphatic carbocycles. The minimum Gasteiger partial charge on any atom is -0.368 e. The van der Waals surface area contributed by atoms with Gasteiger partial charge in [-0.1, -0.05) is 13.8 Å². The number of carbonyl (C=O) groups is 2. The van der Waals surface area contributed by atoms with Gasteiger partial charge in [-0.15, -0.1) is 0 Å². The van der Waals surface area contributed by atoms with E-state index in [4.69, 9.17) is 4.74 Å². The van der Waals surface area contributed by atoms with Crippen LogP contribution in [0.15, 0.2) is 0 Å². The lowest BCUT2D eigenvalue weighted by atomic mass is 10.1. The molecule has 0 spiro atoms. The van der Waals surface area contributed by atoms with E-state index in [1.54, 1.807) is 6.92 Å². The Morgan fingerprint density at radius 2 is 2.17 bits per heavy atom. The number of amides is 2. The third-order valence-electron chi connectivity index (χ3n) is 2.90. The summed E-state index contributed by atoms with van der Waals surface area (Å²) < 4.78 is 5.43. The van der Waals surface area contributed by atoms with E-state index in [1.165, 1.54) is 0 Å². The molecule has 0 unspecified atom stereocenters. The molecule has 5 nitrogen and oxygen atoms in total. The molecule has 1 saturated heterocycles. The first-order valence-electron chi connectivity index (χ1n) is 6.70. The van der Waals surface area contributed by atoms with Gasteiger partial charge in [0.25, 0.3) is 0 Å². The molecule has 1 rings (SSSR count). The molecule has 0 radical (unpaired) electrons. The SMILES string of the molecule is CC(C)CO[C@@H](C)C(=O)N[C@@H]1CCCCNC1=O. The highest BCUT2D eigenvalue weighted by Crippen LogP contribution is 2.06. The third kappa shape index (κ3) is 5.04. The number of rotatable bonds is 5. The van der Waals surface area contributed by atoms with Crippen molar-refractivity contribution < 1.29 is 14.3 Å². The van der Waals surface area contributed by atoms with Crippen LogP contribution >= 0.6 is 0 Å². The van der Waals surface area contributed by atoms with Gasteiger partial charge in [0, 0.05) is 13.2 Å². The molecule has 0 aromatic carbocycles. The Morgan fingerprint density at radius 3 is 2.83 bits per heavy atom. The van der Waals surface area contributed by atoms with E-state index in [-0.39, 0.29) is 11.8 Å². The van der Waals surface area contributed by atoms with Gasteiger partial charge in [-0.25, -0.2) is 0 Å². The highest BCUT2D eigenvalue weighted by atomic mass is 16.5. The van der Waals surface area contributed by atoms with E-state index < -0.39 is 12.1 Å². The van der Waals surface area contributed by atoms with Crippen molar-refractivity contribution in [3.63, 3.8) is 0 Å². The Morgan fingerprint density at radius 1 is 1.44 bits per heavy atom. The predicted molar refractivity (Wildman–Crippen MR) is 69.0 cm³/mol. The molecule has 5 heteroatoms. The Bertz CT molecular complexity index is 292. The van der Waals surface area contributed by atoms with Gasteiger partial charge in [-0.05, 0) is 32.1 Å². The summed E-state index contributed by atoms with van der Waals surface area (Å²) in [6.07, 6.45) is 2.11. The third-order valence-corrected chi connectivity index (χ3v) is 2.90. The Balaban J connectivity index is 2.39. The molecule has 2 N–H and O–H groups in total. The van der Waals surface area contributed by atoms with Crippen molar-refractivity contribution in [1.82, 2.24) is 10.6 Å². The van der Waals surface area contributed by atoms with E-state index in [0.717, 1.165) is 12.8 Å². The van der Waals surface area contributed by atoms with E-state index in [1.807, 2.05) is 13.8 Å². The molecular weight excluding hydrogens is 232 g/mol. The van der Waals surface area contributed by atoms with Gasteiger partial charge in [-0.2, -0.15) is 0 Å².